The number of carbonyl (C=O) groups is 2. The SMILES string of the molecule is COc1ccc(NC(=O)C(C)(C)C(=O)Nc2c(C)cccc2C)cc1OC. The molecule has 0 unspecified atom stereocenters. The number of amides is 2. The number of anilines is 2. The Hall–Kier alpha value is -3.02. The Morgan fingerprint density at radius 3 is 1.96 bits per heavy atom. The Balaban J connectivity index is 2.18. The van der Waals surface area contributed by atoms with Gasteiger partial charge >= 0.3 is 0 Å². The van der Waals surface area contributed by atoms with Gasteiger partial charge in [0.25, 0.3) is 0 Å². The fraction of sp³-hybridized carbons (Fsp3) is 0.333. The molecule has 0 aliphatic heterocycles. The van der Waals surface area contributed by atoms with Crippen LogP contribution in [0.1, 0.15) is 25.0 Å². The van der Waals surface area contributed by atoms with Crippen LogP contribution in [0.15, 0.2) is 36.4 Å². The van der Waals surface area contributed by atoms with Gasteiger partial charge in [-0.15, -0.1) is 0 Å². The average Bonchev–Trinajstić information content (AvgIpc) is 2.64. The van der Waals surface area contributed by atoms with Crippen molar-refractivity contribution in [1.82, 2.24) is 0 Å². The lowest BCUT2D eigenvalue weighted by Gasteiger charge is -2.24. The second kappa shape index (κ2) is 8.12. The van der Waals surface area contributed by atoms with Crippen LogP contribution in [0.5, 0.6) is 11.5 Å². The number of rotatable bonds is 6. The predicted octanol–water partition coefficient (Wildman–Crippen LogP) is 3.92. The number of methoxy groups -OCH3 is 2. The van der Waals surface area contributed by atoms with Crippen molar-refractivity contribution < 1.29 is 19.1 Å². The quantitative estimate of drug-likeness (QED) is 0.756. The molecule has 2 aromatic rings. The Bertz CT molecular complexity index is 839. The largest absolute Gasteiger partial charge is 0.493 e. The predicted molar refractivity (Wildman–Crippen MR) is 107 cm³/mol. The lowest BCUT2D eigenvalue weighted by molar-refractivity contribution is -0.135. The number of hydrogen-bond donors (Lipinski definition) is 2. The third kappa shape index (κ3) is 4.39. The van der Waals surface area contributed by atoms with Crippen LogP contribution in [0, 0.1) is 19.3 Å². The highest BCUT2D eigenvalue weighted by molar-refractivity contribution is 6.14. The summed E-state index contributed by atoms with van der Waals surface area (Å²) in [6, 6.07) is 10.8. The second-order valence-electron chi connectivity index (χ2n) is 6.87. The normalized spacial score (nSPS) is 10.9. The van der Waals surface area contributed by atoms with E-state index in [-0.39, 0.29) is 5.91 Å². The summed E-state index contributed by atoms with van der Waals surface area (Å²) in [4.78, 5) is 25.5. The molecule has 0 atom stereocenters. The van der Waals surface area contributed by atoms with Crippen molar-refractivity contribution in [3.63, 3.8) is 0 Å². The molecule has 27 heavy (non-hydrogen) atoms. The van der Waals surface area contributed by atoms with E-state index in [4.69, 9.17) is 9.47 Å². The van der Waals surface area contributed by atoms with Gasteiger partial charge < -0.3 is 20.1 Å². The van der Waals surface area contributed by atoms with Gasteiger partial charge in [0, 0.05) is 17.4 Å². The van der Waals surface area contributed by atoms with Gasteiger partial charge in [0.2, 0.25) is 11.8 Å². The van der Waals surface area contributed by atoms with Crippen LogP contribution in [-0.4, -0.2) is 26.0 Å². The highest BCUT2D eigenvalue weighted by Gasteiger charge is 2.36. The molecular weight excluding hydrogens is 344 g/mol. The molecule has 0 bridgehead atoms. The molecule has 0 fully saturated rings. The van der Waals surface area contributed by atoms with Crippen LogP contribution in [0.4, 0.5) is 11.4 Å². The van der Waals surface area contributed by atoms with Crippen molar-refractivity contribution in [3.8, 4) is 11.5 Å². The molecule has 2 N–H and O–H groups in total. The topological polar surface area (TPSA) is 76.7 Å². The Kier molecular flexibility index (Phi) is 6.10. The van der Waals surface area contributed by atoms with E-state index in [0.29, 0.717) is 17.2 Å². The standard InChI is InChI=1S/C21H26N2O4/c1-13-8-7-9-14(2)18(13)23-20(25)21(3,4)19(24)22-15-10-11-16(26-5)17(12-15)27-6/h7-12H,1-6H3,(H,22,24)(H,23,25). The highest BCUT2D eigenvalue weighted by atomic mass is 16.5. The van der Waals surface area contributed by atoms with Gasteiger partial charge in [-0.1, -0.05) is 18.2 Å². The van der Waals surface area contributed by atoms with Crippen LogP contribution in [0.2, 0.25) is 0 Å². The van der Waals surface area contributed by atoms with Crippen molar-refractivity contribution >= 4 is 23.2 Å². The minimum atomic E-state index is -1.28. The molecule has 6 nitrogen and oxygen atoms in total. The minimum absolute atomic E-state index is 0.377. The first-order valence-corrected chi connectivity index (χ1v) is 8.62. The van der Waals surface area contributed by atoms with E-state index in [0.717, 1.165) is 16.8 Å². The second-order valence-corrected chi connectivity index (χ2v) is 6.87. The maximum absolute atomic E-state index is 12.8. The number of nitrogens with one attached hydrogen (secondary N) is 2. The van der Waals surface area contributed by atoms with Gasteiger partial charge in [-0.2, -0.15) is 0 Å². The van der Waals surface area contributed by atoms with Crippen LogP contribution in [0.25, 0.3) is 0 Å². The van der Waals surface area contributed by atoms with E-state index < -0.39 is 11.3 Å². The molecule has 0 spiro atoms. The molecule has 2 rings (SSSR count). The molecule has 0 saturated heterocycles. The van der Waals surface area contributed by atoms with Gasteiger partial charge in [0.1, 0.15) is 5.41 Å². The molecular formula is C21H26N2O4. The highest BCUT2D eigenvalue weighted by Crippen LogP contribution is 2.31. The molecule has 144 valence electrons. The first-order chi connectivity index (χ1) is 12.7. The van der Waals surface area contributed by atoms with Gasteiger partial charge in [0.15, 0.2) is 11.5 Å². The molecule has 6 heteroatoms. The summed E-state index contributed by atoms with van der Waals surface area (Å²) in [5, 5.41) is 5.65. The minimum Gasteiger partial charge on any atom is -0.493 e. The van der Waals surface area contributed by atoms with Crippen molar-refractivity contribution in [3.05, 3.63) is 47.5 Å². The number of carbonyl (C=O) groups excluding carboxylic acids is 2. The molecule has 0 aromatic heterocycles. The Morgan fingerprint density at radius 1 is 0.852 bits per heavy atom. The van der Waals surface area contributed by atoms with E-state index in [1.807, 2.05) is 32.0 Å². The van der Waals surface area contributed by atoms with E-state index in [9.17, 15) is 9.59 Å². The Labute approximate surface area is 159 Å². The summed E-state index contributed by atoms with van der Waals surface area (Å²) in [5.41, 5.74) is 1.86. The Morgan fingerprint density at radius 2 is 1.41 bits per heavy atom. The maximum atomic E-state index is 12.8. The summed E-state index contributed by atoms with van der Waals surface area (Å²) in [7, 11) is 3.06. The number of hydrogen-bond acceptors (Lipinski definition) is 4. The monoisotopic (exact) mass is 370 g/mol. The zero-order valence-electron chi connectivity index (χ0n) is 16.6. The van der Waals surface area contributed by atoms with Crippen LogP contribution >= 0.6 is 0 Å². The summed E-state index contributed by atoms with van der Waals surface area (Å²) < 4.78 is 10.4. The number of para-hydroxylation sites is 1. The van der Waals surface area contributed by atoms with Crippen molar-refractivity contribution in [1.29, 1.82) is 0 Å². The fourth-order valence-electron chi connectivity index (χ4n) is 2.59. The molecule has 2 amide bonds. The third-order valence-electron chi connectivity index (χ3n) is 4.50. The van der Waals surface area contributed by atoms with Gasteiger partial charge in [-0.25, -0.2) is 0 Å². The fourth-order valence-corrected chi connectivity index (χ4v) is 2.59. The zero-order valence-corrected chi connectivity index (χ0v) is 16.6. The first kappa shape index (κ1) is 20.3. The first-order valence-electron chi connectivity index (χ1n) is 8.62. The van der Waals surface area contributed by atoms with Crippen molar-refractivity contribution in [2.24, 2.45) is 5.41 Å². The van der Waals surface area contributed by atoms with Crippen LogP contribution < -0.4 is 20.1 Å². The molecule has 0 aliphatic carbocycles. The van der Waals surface area contributed by atoms with E-state index >= 15 is 0 Å². The lowest BCUT2D eigenvalue weighted by Crippen LogP contribution is -2.41. The zero-order chi connectivity index (χ0) is 20.2. The van der Waals surface area contributed by atoms with Crippen molar-refractivity contribution in [2.75, 3.05) is 24.9 Å². The summed E-state index contributed by atoms with van der Waals surface area (Å²) in [6.45, 7) is 7.01. The molecule has 0 heterocycles. The molecule has 0 radical (unpaired) electrons. The van der Waals surface area contributed by atoms with Crippen LogP contribution in [-0.2, 0) is 9.59 Å². The smallest absolute Gasteiger partial charge is 0.239 e. The molecule has 0 aliphatic rings. The average molecular weight is 370 g/mol. The van der Waals surface area contributed by atoms with Crippen molar-refractivity contribution in [2.45, 2.75) is 27.7 Å². The maximum Gasteiger partial charge on any atom is 0.239 e. The van der Waals surface area contributed by atoms with Gasteiger partial charge in [-0.3, -0.25) is 9.59 Å². The molecule has 2 aromatic carbocycles. The third-order valence-corrected chi connectivity index (χ3v) is 4.50. The van der Waals surface area contributed by atoms with E-state index in [1.165, 1.54) is 14.2 Å². The summed E-state index contributed by atoms with van der Waals surface area (Å²) in [5.74, 6) is 0.256. The van der Waals surface area contributed by atoms with Gasteiger partial charge in [0.05, 0.1) is 14.2 Å². The summed E-state index contributed by atoms with van der Waals surface area (Å²) in [6.07, 6.45) is 0. The summed E-state index contributed by atoms with van der Waals surface area (Å²) >= 11 is 0. The van der Waals surface area contributed by atoms with Gasteiger partial charge in [-0.05, 0) is 51.0 Å². The lowest BCUT2D eigenvalue weighted by atomic mass is 9.90. The number of benzene rings is 2. The number of ether oxygens (including phenoxy) is 2. The van der Waals surface area contributed by atoms with E-state index in [1.54, 1.807) is 32.0 Å². The molecule has 0 saturated carbocycles. The van der Waals surface area contributed by atoms with Crippen LogP contribution in [0.3, 0.4) is 0 Å². The number of aryl methyl sites for hydroxylation is 2. The van der Waals surface area contributed by atoms with E-state index in [2.05, 4.69) is 10.6 Å².